The second kappa shape index (κ2) is 25.0. The molecule has 0 fully saturated rings. The summed E-state index contributed by atoms with van der Waals surface area (Å²) in [6, 6.07) is -0.682. The first-order valence-electron chi connectivity index (χ1n) is 18.1. The normalized spacial score (nSPS) is 13.6. The van der Waals surface area contributed by atoms with Gasteiger partial charge in [-0.1, -0.05) is 118 Å². The van der Waals surface area contributed by atoms with Gasteiger partial charge < -0.3 is 16.4 Å². The molecule has 0 spiro atoms. The highest BCUT2D eigenvalue weighted by Gasteiger charge is 2.31. The Labute approximate surface area is 267 Å². The zero-order valence-electron chi connectivity index (χ0n) is 29.7. The van der Waals surface area contributed by atoms with Crippen molar-refractivity contribution < 1.29 is 14.4 Å². The Kier molecular flexibility index (Phi) is 24.2. The van der Waals surface area contributed by atoms with Gasteiger partial charge in [-0.15, -0.1) is 0 Å². The van der Waals surface area contributed by atoms with E-state index in [9.17, 15) is 14.4 Å². The van der Waals surface area contributed by atoms with Crippen molar-refractivity contribution in [1.82, 2.24) is 10.6 Å². The summed E-state index contributed by atoms with van der Waals surface area (Å²) in [6.45, 7) is 15.0. The lowest BCUT2D eigenvalue weighted by Gasteiger charge is -2.32. The van der Waals surface area contributed by atoms with E-state index in [1.54, 1.807) is 0 Å². The van der Waals surface area contributed by atoms with E-state index in [-0.39, 0.29) is 28.7 Å². The number of nitrogens with one attached hydrogen (secondary N) is 2. The number of hydrogen-bond donors (Lipinski definition) is 3. The maximum Gasteiger partial charge on any atom is 0.236 e. The summed E-state index contributed by atoms with van der Waals surface area (Å²) in [6.07, 6.45) is 24.4. The summed E-state index contributed by atoms with van der Waals surface area (Å²) in [4.78, 5) is 37.5. The van der Waals surface area contributed by atoms with Crippen molar-refractivity contribution in [3.8, 4) is 0 Å². The monoisotopic (exact) mass is 608 g/mol. The molecule has 6 heteroatoms. The minimum absolute atomic E-state index is 0.103. The van der Waals surface area contributed by atoms with E-state index in [0.29, 0.717) is 25.2 Å². The number of unbranched alkanes of at least 4 members (excludes halogenated alkanes) is 15. The molecule has 0 saturated carbocycles. The van der Waals surface area contributed by atoms with Gasteiger partial charge in [-0.3, -0.25) is 14.4 Å². The molecule has 2 unspecified atom stereocenters. The van der Waals surface area contributed by atoms with Crippen molar-refractivity contribution in [1.29, 1.82) is 0 Å². The fourth-order valence-electron chi connectivity index (χ4n) is 5.59. The molecule has 0 rings (SSSR count). The molecule has 43 heavy (non-hydrogen) atoms. The Hall–Kier alpha value is -1.27. The van der Waals surface area contributed by atoms with Crippen LogP contribution in [0.4, 0.5) is 0 Å². The third-order valence-corrected chi connectivity index (χ3v) is 8.25. The highest BCUT2D eigenvalue weighted by Crippen LogP contribution is 2.21. The fraction of sp³-hybridized carbons (Fsp3) is 0.919. The molecule has 0 bridgehead atoms. The summed E-state index contributed by atoms with van der Waals surface area (Å²) >= 11 is 0. The fourth-order valence-corrected chi connectivity index (χ4v) is 5.59. The molecule has 0 aliphatic carbocycles. The molecule has 0 saturated heterocycles. The summed E-state index contributed by atoms with van der Waals surface area (Å²) in [5.41, 5.74) is 5.59. The van der Waals surface area contributed by atoms with Gasteiger partial charge in [-0.2, -0.15) is 0 Å². The van der Waals surface area contributed by atoms with Gasteiger partial charge in [-0.05, 0) is 59.3 Å². The lowest BCUT2D eigenvalue weighted by molar-refractivity contribution is -0.129. The van der Waals surface area contributed by atoms with Gasteiger partial charge in [0.05, 0.1) is 12.1 Å². The Morgan fingerprint density at radius 3 is 1.51 bits per heavy atom. The molecule has 6 nitrogen and oxygen atoms in total. The van der Waals surface area contributed by atoms with Crippen molar-refractivity contribution in [3.63, 3.8) is 0 Å². The van der Waals surface area contributed by atoms with Crippen molar-refractivity contribution in [2.75, 3.05) is 6.54 Å². The molecule has 0 radical (unpaired) electrons. The zero-order chi connectivity index (χ0) is 32.6. The minimum Gasteiger partial charge on any atom is -0.355 e. The van der Waals surface area contributed by atoms with Crippen LogP contribution in [-0.2, 0) is 14.4 Å². The molecule has 254 valence electrons. The van der Waals surface area contributed by atoms with Crippen molar-refractivity contribution in [2.24, 2.45) is 11.1 Å². The van der Waals surface area contributed by atoms with Crippen molar-refractivity contribution in [3.05, 3.63) is 0 Å². The average molecular weight is 608 g/mol. The predicted molar refractivity (Wildman–Crippen MR) is 184 cm³/mol. The van der Waals surface area contributed by atoms with Crippen LogP contribution in [0.5, 0.6) is 0 Å². The second-order valence-electron chi connectivity index (χ2n) is 15.1. The number of amides is 1. The first kappa shape index (κ1) is 41.7. The predicted octanol–water partition coefficient (Wildman–Crippen LogP) is 8.97. The maximum atomic E-state index is 12.9. The molecule has 0 aromatic rings. The van der Waals surface area contributed by atoms with Gasteiger partial charge >= 0.3 is 0 Å². The zero-order valence-corrected chi connectivity index (χ0v) is 29.7. The maximum absolute atomic E-state index is 12.9. The van der Waals surface area contributed by atoms with E-state index in [2.05, 4.69) is 38.3 Å². The smallest absolute Gasteiger partial charge is 0.236 e. The van der Waals surface area contributed by atoms with Crippen molar-refractivity contribution in [2.45, 2.75) is 207 Å². The average Bonchev–Trinajstić information content (AvgIpc) is 2.92. The van der Waals surface area contributed by atoms with Crippen LogP contribution in [0.1, 0.15) is 190 Å². The van der Waals surface area contributed by atoms with E-state index >= 15 is 0 Å². The standard InChI is InChI=1S/C37H73N3O3/c1-8-9-10-11-12-13-14-15-16-17-18-19-21-26-31(41)27-22-20-23-28-32(38)35(43)39-30-25-24-29-33(40-37(5,6)7)34(42)36(2,3)4/h32-33,40H,8-30,38H2,1-7H3,(H,39,43). The highest BCUT2D eigenvalue weighted by molar-refractivity contribution is 5.88. The Morgan fingerprint density at radius 1 is 0.605 bits per heavy atom. The van der Waals surface area contributed by atoms with Crippen LogP contribution >= 0.6 is 0 Å². The van der Waals surface area contributed by atoms with Gasteiger partial charge in [0.15, 0.2) is 5.78 Å². The van der Waals surface area contributed by atoms with Crippen LogP contribution in [0.25, 0.3) is 0 Å². The minimum atomic E-state index is -0.501. The molecule has 0 heterocycles. The van der Waals surface area contributed by atoms with Gasteiger partial charge in [0.25, 0.3) is 0 Å². The summed E-state index contributed by atoms with van der Waals surface area (Å²) in [7, 11) is 0. The van der Waals surface area contributed by atoms with Crippen LogP contribution in [0, 0.1) is 5.41 Å². The van der Waals surface area contributed by atoms with Crippen LogP contribution in [0.15, 0.2) is 0 Å². The van der Waals surface area contributed by atoms with Gasteiger partial charge in [-0.25, -0.2) is 0 Å². The van der Waals surface area contributed by atoms with Gasteiger partial charge in [0.1, 0.15) is 5.78 Å². The quantitative estimate of drug-likeness (QED) is 0.0771. The molecule has 0 aliphatic rings. The second-order valence-corrected chi connectivity index (χ2v) is 15.1. The SMILES string of the molecule is CCCCCCCCCCCCCCCC(=O)CCCCCC(N)C(=O)NCCCCC(NC(C)(C)C)C(=O)C(C)(C)C. The van der Waals surface area contributed by atoms with E-state index in [1.165, 1.54) is 77.0 Å². The number of rotatable bonds is 28. The Morgan fingerprint density at radius 2 is 1.05 bits per heavy atom. The highest BCUT2D eigenvalue weighted by atomic mass is 16.2. The van der Waals surface area contributed by atoms with E-state index in [1.807, 2.05) is 20.8 Å². The van der Waals surface area contributed by atoms with E-state index in [4.69, 9.17) is 5.73 Å². The summed E-state index contributed by atoms with van der Waals surface area (Å²) in [5, 5.41) is 6.43. The first-order chi connectivity index (χ1) is 20.3. The topological polar surface area (TPSA) is 101 Å². The molecule has 0 aromatic heterocycles. The molecule has 1 amide bonds. The number of carbonyl (C=O) groups excluding carboxylic acids is 3. The van der Waals surface area contributed by atoms with E-state index in [0.717, 1.165) is 51.4 Å². The van der Waals surface area contributed by atoms with Crippen LogP contribution in [0.3, 0.4) is 0 Å². The van der Waals surface area contributed by atoms with E-state index < -0.39 is 6.04 Å². The molecular formula is C37H73N3O3. The van der Waals surface area contributed by atoms with Gasteiger partial charge in [0.2, 0.25) is 5.91 Å². The molecular weight excluding hydrogens is 534 g/mol. The lowest BCUT2D eigenvalue weighted by Crippen LogP contribution is -2.50. The Balaban J connectivity index is 3.78. The third kappa shape index (κ3) is 25.7. The number of ketones is 2. The third-order valence-electron chi connectivity index (χ3n) is 8.25. The number of carbonyl (C=O) groups is 3. The van der Waals surface area contributed by atoms with Crippen molar-refractivity contribution >= 4 is 17.5 Å². The van der Waals surface area contributed by atoms with Crippen LogP contribution < -0.4 is 16.4 Å². The van der Waals surface area contributed by atoms with Crippen LogP contribution in [0.2, 0.25) is 0 Å². The largest absolute Gasteiger partial charge is 0.355 e. The molecule has 0 aromatic carbocycles. The Bertz CT molecular complexity index is 724. The molecule has 2 atom stereocenters. The summed E-state index contributed by atoms with van der Waals surface area (Å²) in [5.74, 6) is 0.512. The molecule has 0 aliphatic heterocycles. The van der Waals surface area contributed by atoms with Crippen LogP contribution in [-0.4, -0.2) is 41.6 Å². The molecule has 4 N–H and O–H groups in total. The summed E-state index contributed by atoms with van der Waals surface area (Å²) < 4.78 is 0. The number of hydrogen-bond acceptors (Lipinski definition) is 5. The number of Topliss-reactive ketones (excluding diaryl/α,β-unsaturated/α-hetero) is 2. The van der Waals surface area contributed by atoms with Gasteiger partial charge in [0, 0.05) is 30.3 Å². The lowest BCUT2D eigenvalue weighted by atomic mass is 9.84. The first-order valence-corrected chi connectivity index (χ1v) is 18.1. The number of nitrogens with two attached hydrogens (primary N) is 1.